The van der Waals surface area contributed by atoms with Crippen LogP contribution in [0.1, 0.15) is 59.6 Å². The maximum absolute atomic E-state index is 12.8. The van der Waals surface area contributed by atoms with Gasteiger partial charge in [0.1, 0.15) is 6.79 Å². The molecule has 45 heavy (non-hydrogen) atoms. The zero-order valence-electron chi connectivity index (χ0n) is 27.0. The molecule has 1 aromatic carbocycles. The zero-order chi connectivity index (χ0) is 34.9. The van der Waals surface area contributed by atoms with Crippen molar-refractivity contribution in [2.45, 2.75) is 73.7 Å². The van der Waals surface area contributed by atoms with Gasteiger partial charge in [-0.1, -0.05) is 23.7 Å². The highest BCUT2D eigenvalue weighted by molar-refractivity contribution is 6.31. The van der Waals surface area contributed by atoms with Gasteiger partial charge in [0.25, 0.3) is 0 Å². The number of aryl methyl sites for hydroxylation is 1. The lowest BCUT2D eigenvalue weighted by Crippen LogP contribution is -2.36. The predicted octanol–water partition coefficient (Wildman–Crippen LogP) is 2.79. The number of nitrogens with one attached hydrogen (secondary N) is 1. The van der Waals surface area contributed by atoms with Gasteiger partial charge in [0.05, 0.1) is 30.1 Å². The SMILES string of the molecule is C=O.CC(=O)NC[C@H](C(C)OCc1ccc(C)c(Cl)c1)C1C(C(=O)OCOC(C)=O)C1C(=O)OCOC(C)=O.CC(C)(C)ON. The molecule has 1 amide bonds. The van der Waals surface area contributed by atoms with Crippen LogP contribution in [0.3, 0.4) is 0 Å². The number of rotatable bonds is 13. The molecule has 0 bridgehead atoms. The third-order valence-electron chi connectivity index (χ3n) is 6.33. The summed E-state index contributed by atoms with van der Waals surface area (Å²) in [5.41, 5.74) is 1.57. The third kappa shape index (κ3) is 16.3. The van der Waals surface area contributed by atoms with E-state index >= 15 is 0 Å². The molecule has 1 fully saturated rings. The standard InChI is InChI=1S/C25H32ClNO10.C4H11NO.CH2O/c1-13-6-7-18(8-20(13)26)10-33-14(2)19(9-27-15(3)28)21-22(24(31)36-11-34-16(4)29)23(21)25(32)37-12-35-17(5)30;1-4(2,3)6-5;1-2/h6-8,14,19,21-23H,9-12H2,1-5H3,(H,27,28);5H2,1-3H3;1H2/t14?,19-,21?,22?,23?;;/m1../s1. The number of ether oxygens (including phenoxy) is 5. The van der Waals surface area contributed by atoms with Crippen molar-refractivity contribution in [2.24, 2.45) is 29.6 Å². The third-order valence-corrected chi connectivity index (χ3v) is 6.74. The second kappa shape index (κ2) is 20.4. The molecular formula is C30H45ClN2O12. The van der Waals surface area contributed by atoms with Gasteiger partial charge in [-0.3, -0.25) is 28.8 Å². The van der Waals surface area contributed by atoms with Crippen LogP contribution >= 0.6 is 11.6 Å². The summed E-state index contributed by atoms with van der Waals surface area (Å²) in [7, 11) is 0. The fourth-order valence-electron chi connectivity index (χ4n) is 3.96. The molecular weight excluding hydrogens is 616 g/mol. The molecule has 3 unspecified atom stereocenters. The lowest BCUT2D eigenvalue weighted by Gasteiger charge is -2.25. The van der Waals surface area contributed by atoms with Gasteiger partial charge in [-0.05, 0) is 57.7 Å². The van der Waals surface area contributed by atoms with Gasteiger partial charge >= 0.3 is 23.9 Å². The summed E-state index contributed by atoms with van der Waals surface area (Å²) in [5, 5.41) is 3.31. The van der Waals surface area contributed by atoms with Gasteiger partial charge in [-0.15, -0.1) is 0 Å². The Bertz CT molecular complexity index is 1100. The quantitative estimate of drug-likeness (QED) is 0.178. The van der Waals surface area contributed by atoms with Crippen molar-refractivity contribution < 1.29 is 57.3 Å². The number of hydrogen-bond acceptors (Lipinski definition) is 13. The fraction of sp³-hybridized carbons (Fsp3) is 0.600. The molecule has 14 nitrogen and oxygen atoms in total. The van der Waals surface area contributed by atoms with Crippen molar-refractivity contribution in [2.75, 3.05) is 20.1 Å². The van der Waals surface area contributed by atoms with E-state index in [0.29, 0.717) is 5.02 Å². The van der Waals surface area contributed by atoms with Gasteiger partial charge in [-0.2, -0.15) is 0 Å². The van der Waals surface area contributed by atoms with E-state index in [4.69, 9.17) is 36.5 Å². The van der Waals surface area contributed by atoms with Crippen molar-refractivity contribution in [3.8, 4) is 0 Å². The maximum atomic E-state index is 12.8. The van der Waals surface area contributed by atoms with Gasteiger partial charge in [-0.25, -0.2) is 5.90 Å². The van der Waals surface area contributed by atoms with Gasteiger partial charge in [0.15, 0.2) is 0 Å². The molecule has 0 saturated heterocycles. The van der Waals surface area contributed by atoms with Crippen LogP contribution in [0.4, 0.5) is 0 Å². The Kier molecular flexibility index (Phi) is 18.8. The number of esters is 4. The smallest absolute Gasteiger partial charge is 0.313 e. The van der Waals surface area contributed by atoms with E-state index in [-0.39, 0.29) is 24.7 Å². The first-order valence-electron chi connectivity index (χ1n) is 13.9. The molecule has 254 valence electrons. The molecule has 15 heteroatoms. The molecule has 0 spiro atoms. The molecule has 0 radical (unpaired) electrons. The number of hydrogen-bond donors (Lipinski definition) is 2. The zero-order valence-corrected chi connectivity index (χ0v) is 27.8. The summed E-state index contributed by atoms with van der Waals surface area (Å²) in [5.74, 6) is -1.33. The second-order valence-electron chi connectivity index (χ2n) is 11.0. The molecule has 0 aliphatic heterocycles. The highest BCUT2D eigenvalue weighted by Gasteiger charge is 2.64. The van der Waals surface area contributed by atoms with Crippen LogP contribution in [0, 0.1) is 30.6 Å². The summed E-state index contributed by atoms with van der Waals surface area (Å²) >= 11 is 6.20. The Morgan fingerprint density at radius 1 is 0.933 bits per heavy atom. The minimum Gasteiger partial charge on any atom is -0.428 e. The van der Waals surface area contributed by atoms with Crippen molar-refractivity contribution >= 4 is 48.2 Å². The number of carbonyl (C=O) groups is 6. The van der Waals surface area contributed by atoms with Crippen molar-refractivity contribution in [1.29, 1.82) is 0 Å². The molecule has 1 aliphatic rings. The average molecular weight is 661 g/mol. The molecule has 4 atom stereocenters. The Labute approximate surface area is 268 Å². The monoisotopic (exact) mass is 660 g/mol. The highest BCUT2D eigenvalue weighted by atomic mass is 35.5. The molecule has 2 rings (SSSR count). The molecule has 1 aliphatic carbocycles. The molecule has 0 heterocycles. The fourth-order valence-corrected chi connectivity index (χ4v) is 4.17. The van der Waals surface area contributed by atoms with Crippen LogP contribution < -0.4 is 11.2 Å². The summed E-state index contributed by atoms with van der Waals surface area (Å²) in [6.07, 6.45) is -0.521. The molecule has 1 saturated carbocycles. The number of carbonyl (C=O) groups excluding carboxylic acids is 6. The lowest BCUT2D eigenvalue weighted by molar-refractivity contribution is -0.172. The van der Waals surface area contributed by atoms with Crippen molar-refractivity contribution in [1.82, 2.24) is 5.32 Å². The number of amides is 1. The van der Waals surface area contributed by atoms with Gasteiger partial charge < -0.3 is 33.8 Å². The second-order valence-corrected chi connectivity index (χ2v) is 11.4. The highest BCUT2D eigenvalue weighted by Crippen LogP contribution is 2.53. The number of halogens is 1. The number of nitrogens with two attached hydrogens (primary N) is 1. The summed E-state index contributed by atoms with van der Waals surface area (Å²) in [6.45, 7) is 14.1. The Hall–Kier alpha value is -3.59. The van der Waals surface area contributed by atoms with Crippen LogP contribution in [0.15, 0.2) is 18.2 Å². The number of benzene rings is 1. The van der Waals surface area contributed by atoms with Crippen molar-refractivity contribution in [3.05, 3.63) is 34.3 Å². The lowest BCUT2D eigenvalue weighted by atomic mass is 9.94. The van der Waals surface area contributed by atoms with E-state index in [0.717, 1.165) is 25.0 Å². The molecule has 1 aromatic rings. The predicted molar refractivity (Wildman–Crippen MR) is 161 cm³/mol. The van der Waals surface area contributed by atoms with Crippen LogP contribution in [0.5, 0.6) is 0 Å². The van der Waals surface area contributed by atoms with E-state index in [9.17, 15) is 24.0 Å². The van der Waals surface area contributed by atoms with E-state index < -0.39 is 67.2 Å². The topological polar surface area (TPSA) is 196 Å². The molecule has 3 N–H and O–H groups in total. The summed E-state index contributed by atoms with van der Waals surface area (Å²) in [4.78, 5) is 71.6. The summed E-state index contributed by atoms with van der Waals surface area (Å²) < 4.78 is 25.4. The van der Waals surface area contributed by atoms with Crippen LogP contribution in [0.25, 0.3) is 0 Å². The first kappa shape index (κ1) is 41.4. The van der Waals surface area contributed by atoms with E-state index in [2.05, 4.69) is 19.6 Å². The largest absolute Gasteiger partial charge is 0.428 e. The van der Waals surface area contributed by atoms with Crippen LogP contribution in [-0.4, -0.2) is 68.4 Å². The minimum absolute atomic E-state index is 0.108. The minimum atomic E-state index is -0.945. The molecule has 0 aromatic heterocycles. The Morgan fingerprint density at radius 3 is 1.78 bits per heavy atom. The van der Waals surface area contributed by atoms with Crippen molar-refractivity contribution in [3.63, 3.8) is 0 Å². The van der Waals surface area contributed by atoms with Gasteiger partial charge in [0.2, 0.25) is 19.5 Å². The Morgan fingerprint density at radius 2 is 1.40 bits per heavy atom. The first-order chi connectivity index (χ1) is 21.0. The van der Waals surface area contributed by atoms with Crippen LogP contribution in [0.2, 0.25) is 5.02 Å². The average Bonchev–Trinajstić information content (AvgIpc) is 3.69. The Balaban J connectivity index is 0.00000216. The van der Waals surface area contributed by atoms with Gasteiger partial charge in [0, 0.05) is 38.3 Å². The maximum Gasteiger partial charge on any atom is 0.313 e. The first-order valence-corrected chi connectivity index (χ1v) is 14.2. The van der Waals surface area contributed by atoms with E-state index in [1.165, 1.54) is 6.92 Å². The summed E-state index contributed by atoms with van der Waals surface area (Å²) in [6, 6.07) is 5.53. The van der Waals surface area contributed by atoms with Crippen LogP contribution in [-0.2, 0) is 63.9 Å². The van der Waals surface area contributed by atoms with E-state index in [1.54, 1.807) is 13.0 Å². The van der Waals surface area contributed by atoms with E-state index in [1.807, 2.05) is 46.6 Å². The normalized spacial score (nSPS) is 17.9.